The Morgan fingerprint density at radius 1 is 1.43 bits per heavy atom. The van der Waals surface area contributed by atoms with Gasteiger partial charge in [-0.1, -0.05) is 6.58 Å². The van der Waals surface area contributed by atoms with Crippen LogP contribution in [0, 0.1) is 0 Å². The number of ether oxygens (including phenoxy) is 1. The van der Waals surface area contributed by atoms with Gasteiger partial charge in [0, 0.05) is 38.7 Å². The average Bonchev–Trinajstić information content (AvgIpc) is 3.08. The highest BCUT2D eigenvalue weighted by molar-refractivity contribution is 6.09. The van der Waals surface area contributed by atoms with Crippen LogP contribution in [-0.4, -0.2) is 58.0 Å². The molecule has 1 amide bonds. The zero-order valence-corrected chi connectivity index (χ0v) is 16.0. The summed E-state index contributed by atoms with van der Waals surface area (Å²) in [7, 11) is 3.61. The number of amides is 1. The number of rotatable bonds is 1. The lowest BCUT2D eigenvalue weighted by atomic mass is 10.2. The van der Waals surface area contributed by atoms with Gasteiger partial charge in [-0.3, -0.25) is 15.2 Å². The predicted molar refractivity (Wildman–Crippen MR) is 105 cm³/mol. The molecule has 1 atom stereocenters. The molecule has 4 heterocycles. The van der Waals surface area contributed by atoms with Crippen molar-refractivity contribution in [2.45, 2.75) is 19.4 Å². The number of nitrogens with one attached hydrogen (secondary N) is 3. The first-order valence-electron chi connectivity index (χ1n) is 8.96. The fourth-order valence-corrected chi connectivity index (χ4v) is 3.00. The molecule has 0 saturated carbocycles. The van der Waals surface area contributed by atoms with Gasteiger partial charge in [0.1, 0.15) is 11.4 Å². The minimum atomic E-state index is -0.236. The highest BCUT2D eigenvalue weighted by atomic mass is 16.5. The van der Waals surface area contributed by atoms with Crippen molar-refractivity contribution in [2.24, 2.45) is 4.99 Å². The SMILES string of the molecule is C=C1C2=Nc3cc(NC)n4ncc(c4n3)C(=O)N[C@H](C)CCOC(=C2)NN1C. The summed E-state index contributed by atoms with van der Waals surface area (Å²) in [6.07, 6.45) is 3.95. The molecule has 10 nitrogen and oxygen atoms in total. The molecule has 2 aromatic rings. The first kappa shape index (κ1) is 17.8. The van der Waals surface area contributed by atoms with Crippen molar-refractivity contribution in [3.8, 4) is 0 Å². The largest absolute Gasteiger partial charge is 0.478 e. The van der Waals surface area contributed by atoms with Crippen molar-refractivity contribution in [2.75, 3.05) is 26.0 Å². The lowest BCUT2D eigenvalue weighted by Gasteiger charge is -2.29. The fourth-order valence-electron chi connectivity index (χ4n) is 3.00. The number of carbonyl (C=O) groups excluding carboxylic acids is 1. The van der Waals surface area contributed by atoms with E-state index in [2.05, 4.69) is 37.7 Å². The molecular formula is C18H22N8O2. The maximum atomic E-state index is 12.7. The molecule has 4 rings (SSSR count). The first-order valence-corrected chi connectivity index (χ1v) is 8.96. The summed E-state index contributed by atoms with van der Waals surface area (Å²) in [5.74, 6) is 1.42. The topological polar surface area (TPSA) is 108 Å². The normalized spacial score (nSPS) is 20.0. The molecule has 10 heteroatoms. The van der Waals surface area contributed by atoms with Crippen LogP contribution in [0.25, 0.3) is 5.65 Å². The quantitative estimate of drug-likeness (QED) is 0.680. The molecule has 2 aliphatic rings. The molecule has 3 N–H and O–H groups in total. The van der Waals surface area contributed by atoms with Crippen LogP contribution in [0.5, 0.6) is 0 Å². The van der Waals surface area contributed by atoms with E-state index in [1.165, 1.54) is 6.20 Å². The van der Waals surface area contributed by atoms with Crippen LogP contribution < -0.4 is 16.1 Å². The summed E-state index contributed by atoms with van der Waals surface area (Å²) < 4.78 is 7.40. The molecule has 0 saturated heterocycles. The van der Waals surface area contributed by atoms with Gasteiger partial charge < -0.3 is 15.4 Å². The molecular weight excluding hydrogens is 360 g/mol. The molecule has 2 aliphatic heterocycles. The van der Waals surface area contributed by atoms with E-state index < -0.39 is 0 Å². The van der Waals surface area contributed by atoms with Crippen molar-refractivity contribution in [1.29, 1.82) is 0 Å². The van der Waals surface area contributed by atoms with Gasteiger partial charge >= 0.3 is 0 Å². The Kier molecular flexibility index (Phi) is 4.38. The lowest BCUT2D eigenvalue weighted by molar-refractivity contribution is 0.0926. The minimum Gasteiger partial charge on any atom is -0.478 e. The van der Waals surface area contributed by atoms with Gasteiger partial charge in [0.05, 0.1) is 24.2 Å². The Morgan fingerprint density at radius 3 is 3.04 bits per heavy atom. The van der Waals surface area contributed by atoms with Crippen LogP contribution in [0.3, 0.4) is 0 Å². The number of anilines is 1. The third-order valence-electron chi connectivity index (χ3n) is 4.63. The van der Waals surface area contributed by atoms with Crippen molar-refractivity contribution in [1.82, 2.24) is 30.3 Å². The number of aromatic nitrogens is 3. The lowest BCUT2D eigenvalue weighted by Crippen LogP contribution is -2.40. The number of hydrogen-bond acceptors (Lipinski definition) is 8. The second-order valence-corrected chi connectivity index (χ2v) is 6.68. The number of fused-ring (bicyclic) bond motifs is 2. The Bertz CT molecular complexity index is 1020. The Labute approximate surface area is 161 Å². The van der Waals surface area contributed by atoms with Crippen LogP contribution >= 0.6 is 0 Å². The predicted octanol–water partition coefficient (Wildman–Crippen LogP) is 1.19. The van der Waals surface area contributed by atoms with Gasteiger partial charge in [0.25, 0.3) is 5.91 Å². The van der Waals surface area contributed by atoms with Gasteiger partial charge in [0.2, 0.25) is 5.88 Å². The maximum absolute atomic E-state index is 12.7. The van der Waals surface area contributed by atoms with Crippen molar-refractivity contribution in [3.05, 3.63) is 42.1 Å². The number of aliphatic imine (C=N–C) groups is 1. The van der Waals surface area contributed by atoms with Crippen LogP contribution in [0.15, 0.2) is 41.5 Å². The number of hydrogen-bond donors (Lipinski definition) is 3. The van der Waals surface area contributed by atoms with Crippen molar-refractivity contribution in [3.63, 3.8) is 0 Å². The van der Waals surface area contributed by atoms with E-state index in [9.17, 15) is 4.79 Å². The molecule has 0 aromatic carbocycles. The van der Waals surface area contributed by atoms with Crippen LogP contribution in [0.4, 0.5) is 11.6 Å². The van der Waals surface area contributed by atoms with Crippen LogP contribution in [-0.2, 0) is 4.74 Å². The molecule has 2 aromatic heterocycles. The van der Waals surface area contributed by atoms with Crippen LogP contribution in [0.1, 0.15) is 23.7 Å². The summed E-state index contributed by atoms with van der Waals surface area (Å²) >= 11 is 0. The smallest absolute Gasteiger partial charge is 0.256 e. The van der Waals surface area contributed by atoms with Crippen molar-refractivity contribution < 1.29 is 9.53 Å². The Morgan fingerprint density at radius 2 is 2.25 bits per heavy atom. The van der Waals surface area contributed by atoms with E-state index >= 15 is 0 Å². The van der Waals surface area contributed by atoms with Gasteiger partial charge in [-0.2, -0.15) is 9.61 Å². The molecule has 0 spiro atoms. The van der Waals surface area contributed by atoms with Gasteiger partial charge in [-0.15, -0.1) is 0 Å². The fraction of sp³-hybridized carbons (Fsp3) is 0.333. The zero-order valence-electron chi connectivity index (χ0n) is 16.0. The number of nitrogens with zero attached hydrogens (tertiary/aromatic N) is 5. The van der Waals surface area contributed by atoms with E-state index in [-0.39, 0.29) is 11.9 Å². The molecule has 0 aliphatic carbocycles. The average molecular weight is 382 g/mol. The van der Waals surface area contributed by atoms with Crippen molar-refractivity contribution >= 4 is 28.9 Å². The number of hydrazine groups is 1. The summed E-state index contributed by atoms with van der Waals surface area (Å²) in [5.41, 5.74) is 5.21. The Hall–Kier alpha value is -3.56. The number of carbonyl (C=O) groups is 1. The zero-order chi connectivity index (χ0) is 19.8. The van der Waals surface area contributed by atoms with Gasteiger partial charge in [0.15, 0.2) is 11.5 Å². The minimum absolute atomic E-state index is 0.0811. The highest BCUT2D eigenvalue weighted by Crippen LogP contribution is 2.23. The monoisotopic (exact) mass is 382 g/mol. The highest BCUT2D eigenvalue weighted by Gasteiger charge is 2.22. The second kappa shape index (κ2) is 6.87. The molecule has 0 radical (unpaired) electrons. The molecule has 0 fully saturated rings. The standard InChI is InChI=1S/C18H22N8O2/c1-10-5-6-28-16-7-13(11(2)25(4)24-16)22-14-8-15(19-3)26-17(23-14)12(9-20-26)18(27)21-10/h7-10,19,24H,2,5-6H2,1,3-4H3,(H,21,27)/t10-/m1/s1. The number of allylic oxidation sites excluding steroid dienone is 1. The first-order chi connectivity index (χ1) is 13.5. The molecule has 4 bridgehead atoms. The molecule has 146 valence electrons. The molecule has 0 unspecified atom stereocenters. The Balaban J connectivity index is 1.91. The van der Waals surface area contributed by atoms with E-state index in [1.54, 1.807) is 28.7 Å². The van der Waals surface area contributed by atoms with Gasteiger partial charge in [-0.05, 0) is 6.92 Å². The summed E-state index contributed by atoms with van der Waals surface area (Å²) in [6.45, 7) is 6.42. The van der Waals surface area contributed by atoms with Crippen LogP contribution in [0.2, 0.25) is 0 Å². The van der Waals surface area contributed by atoms with Gasteiger partial charge in [-0.25, -0.2) is 9.98 Å². The summed E-state index contributed by atoms with van der Waals surface area (Å²) in [6, 6.07) is 1.68. The van der Waals surface area contributed by atoms with E-state index in [1.807, 2.05) is 14.0 Å². The molecule has 28 heavy (non-hydrogen) atoms. The van der Waals surface area contributed by atoms with E-state index in [0.717, 1.165) is 0 Å². The second-order valence-electron chi connectivity index (χ2n) is 6.68. The van der Waals surface area contributed by atoms with E-state index in [4.69, 9.17) is 4.74 Å². The third kappa shape index (κ3) is 3.13. The maximum Gasteiger partial charge on any atom is 0.256 e. The summed E-state index contributed by atoms with van der Waals surface area (Å²) in [4.78, 5) is 21.9. The van der Waals surface area contributed by atoms with E-state index in [0.29, 0.717) is 53.2 Å². The third-order valence-corrected chi connectivity index (χ3v) is 4.63. The summed E-state index contributed by atoms with van der Waals surface area (Å²) in [5, 5.41) is 12.1.